The first-order valence-corrected chi connectivity index (χ1v) is 11.8. The molecule has 2 amide bonds. The molecular formula is C24H29F3N2O3S. The molecule has 0 bridgehead atoms. The Labute approximate surface area is 195 Å². The van der Waals surface area contributed by atoms with E-state index in [1.165, 1.54) is 18.4 Å². The van der Waals surface area contributed by atoms with Gasteiger partial charge in [0.2, 0.25) is 5.91 Å². The van der Waals surface area contributed by atoms with Crippen LogP contribution in [-0.4, -0.2) is 36.5 Å². The summed E-state index contributed by atoms with van der Waals surface area (Å²) >= 11 is 1.22. The van der Waals surface area contributed by atoms with Crippen molar-refractivity contribution in [2.45, 2.75) is 57.2 Å². The van der Waals surface area contributed by atoms with E-state index in [-0.39, 0.29) is 13.0 Å². The van der Waals surface area contributed by atoms with Gasteiger partial charge >= 0.3 is 12.1 Å². The minimum atomic E-state index is -5.14. The van der Waals surface area contributed by atoms with Crippen LogP contribution in [0.5, 0.6) is 5.75 Å². The van der Waals surface area contributed by atoms with Gasteiger partial charge in [0.1, 0.15) is 5.75 Å². The summed E-state index contributed by atoms with van der Waals surface area (Å²) < 4.78 is 46.7. The zero-order chi connectivity index (χ0) is 24.2. The summed E-state index contributed by atoms with van der Waals surface area (Å²) in [4.78, 5) is 27.9. The van der Waals surface area contributed by atoms with Gasteiger partial charge in [-0.05, 0) is 61.9 Å². The maximum Gasteiger partial charge on any atom is 0.471 e. The summed E-state index contributed by atoms with van der Waals surface area (Å²) in [6.45, 7) is 1.52. The van der Waals surface area contributed by atoms with Crippen molar-refractivity contribution in [1.82, 2.24) is 4.90 Å². The van der Waals surface area contributed by atoms with Crippen LogP contribution in [0.15, 0.2) is 36.4 Å². The summed E-state index contributed by atoms with van der Waals surface area (Å²) in [6, 6.07) is 10.3. The van der Waals surface area contributed by atoms with Crippen molar-refractivity contribution in [3.05, 3.63) is 51.7 Å². The van der Waals surface area contributed by atoms with E-state index in [0.717, 1.165) is 29.7 Å². The molecule has 1 heterocycles. The van der Waals surface area contributed by atoms with Gasteiger partial charge in [-0.3, -0.25) is 9.59 Å². The van der Waals surface area contributed by atoms with Crippen LogP contribution in [0.4, 0.5) is 13.2 Å². The number of hydrogen-bond donors (Lipinski definition) is 1. The highest BCUT2D eigenvalue weighted by Gasteiger charge is 2.57. The Morgan fingerprint density at radius 1 is 1.09 bits per heavy atom. The van der Waals surface area contributed by atoms with E-state index in [1.807, 2.05) is 6.92 Å². The largest absolute Gasteiger partial charge is 0.497 e. The summed E-state index contributed by atoms with van der Waals surface area (Å²) in [5, 5.41) is 0. The standard InChI is InChI=1S/C24H29F3N2O3S/c1-16-8-13-20(33-16)23(21(28)30,18-6-4-3-5-7-18)29(22(31)24(25,26)27)15-14-17-9-11-19(32-2)12-10-17/h8-13,18H,3-7,14-15H2,1-2H3,(H2,28,30). The lowest BCUT2D eigenvalue weighted by Gasteiger charge is -2.47. The molecule has 1 unspecified atom stereocenters. The van der Waals surface area contributed by atoms with Crippen LogP contribution in [0.25, 0.3) is 0 Å². The molecular weight excluding hydrogens is 453 g/mol. The zero-order valence-electron chi connectivity index (χ0n) is 18.8. The lowest BCUT2D eigenvalue weighted by Crippen LogP contribution is -2.63. The molecule has 0 saturated heterocycles. The number of primary amides is 1. The van der Waals surface area contributed by atoms with Crippen molar-refractivity contribution in [3.63, 3.8) is 0 Å². The van der Waals surface area contributed by atoms with Gasteiger partial charge in [-0.1, -0.05) is 31.4 Å². The Hall–Kier alpha value is -2.55. The van der Waals surface area contributed by atoms with Gasteiger partial charge in [-0.2, -0.15) is 13.2 Å². The molecule has 9 heteroatoms. The average molecular weight is 483 g/mol. The number of hydrogen-bond acceptors (Lipinski definition) is 4. The van der Waals surface area contributed by atoms with Gasteiger partial charge in [-0.15, -0.1) is 11.3 Å². The Kier molecular flexibility index (Phi) is 7.72. The Morgan fingerprint density at radius 3 is 2.21 bits per heavy atom. The number of carbonyl (C=O) groups excluding carboxylic acids is 2. The Bertz CT molecular complexity index is 968. The fourth-order valence-electron chi connectivity index (χ4n) is 4.79. The third-order valence-electron chi connectivity index (χ3n) is 6.38. The first-order valence-electron chi connectivity index (χ1n) is 11.0. The molecule has 1 aromatic carbocycles. The number of nitrogens with two attached hydrogens (primary N) is 1. The normalized spacial score (nSPS) is 16.8. The van der Waals surface area contributed by atoms with E-state index in [9.17, 15) is 22.8 Å². The monoisotopic (exact) mass is 482 g/mol. The zero-order valence-corrected chi connectivity index (χ0v) is 19.6. The number of benzene rings is 1. The first kappa shape index (κ1) is 25.1. The van der Waals surface area contributed by atoms with Crippen LogP contribution in [0, 0.1) is 12.8 Å². The minimum absolute atomic E-state index is 0.137. The van der Waals surface area contributed by atoms with Gasteiger partial charge < -0.3 is 15.4 Å². The van der Waals surface area contributed by atoms with Gasteiger partial charge in [0, 0.05) is 16.3 Å². The molecule has 1 atom stereocenters. The summed E-state index contributed by atoms with van der Waals surface area (Å²) in [7, 11) is 1.52. The molecule has 0 spiro atoms. The molecule has 180 valence electrons. The second kappa shape index (κ2) is 10.2. The summed E-state index contributed by atoms with van der Waals surface area (Å²) in [6.07, 6.45) is -1.45. The van der Waals surface area contributed by atoms with Crippen molar-refractivity contribution < 1.29 is 27.5 Å². The van der Waals surface area contributed by atoms with Gasteiger partial charge in [0.05, 0.1) is 7.11 Å². The van der Waals surface area contributed by atoms with E-state index >= 15 is 0 Å². The van der Waals surface area contributed by atoms with Crippen LogP contribution in [0.2, 0.25) is 0 Å². The maximum absolute atomic E-state index is 13.8. The smallest absolute Gasteiger partial charge is 0.471 e. The molecule has 1 fully saturated rings. The number of halogens is 3. The highest BCUT2D eigenvalue weighted by atomic mass is 32.1. The topological polar surface area (TPSA) is 72.6 Å². The number of amides is 2. The highest BCUT2D eigenvalue weighted by Crippen LogP contribution is 2.47. The number of methoxy groups -OCH3 is 1. The Balaban J connectivity index is 2.11. The molecule has 1 aliphatic rings. The number of aryl methyl sites for hydroxylation is 1. The van der Waals surface area contributed by atoms with Crippen LogP contribution < -0.4 is 10.5 Å². The molecule has 0 aliphatic heterocycles. The molecule has 33 heavy (non-hydrogen) atoms. The van der Waals surface area contributed by atoms with E-state index in [0.29, 0.717) is 28.4 Å². The predicted octanol–water partition coefficient (Wildman–Crippen LogP) is 4.96. The quantitative estimate of drug-likeness (QED) is 0.578. The molecule has 5 nitrogen and oxygen atoms in total. The molecule has 1 aromatic heterocycles. The number of ether oxygens (including phenoxy) is 1. The van der Waals surface area contributed by atoms with E-state index < -0.39 is 29.4 Å². The second-order valence-corrected chi connectivity index (χ2v) is 9.72. The number of alkyl halides is 3. The number of carbonyl (C=O) groups is 2. The van der Waals surface area contributed by atoms with Gasteiger partial charge in [0.25, 0.3) is 0 Å². The minimum Gasteiger partial charge on any atom is -0.497 e. The molecule has 1 saturated carbocycles. The second-order valence-electron chi connectivity index (χ2n) is 8.43. The van der Waals surface area contributed by atoms with E-state index in [4.69, 9.17) is 10.5 Å². The Morgan fingerprint density at radius 2 is 1.73 bits per heavy atom. The predicted molar refractivity (Wildman–Crippen MR) is 121 cm³/mol. The molecule has 0 radical (unpaired) electrons. The number of rotatable bonds is 8. The van der Waals surface area contributed by atoms with Crippen LogP contribution in [0.3, 0.4) is 0 Å². The lowest BCUT2D eigenvalue weighted by atomic mass is 9.71. The third kappa shape index (κ3) is 5.18. The molecule has 2 N–H and O–H groups in total. The fourth-order valence-corrected chi connectivity index (χ4v) is 5.95. The number of nitrogens with zero attached hydrogens (tertiary/aromatic N) is 1. The van der Waals surface area contributed by atoms with Crippen LogP contribution in [-0.2, 0) is 21.5 Å². The third-order valence-corrected chi connectivity index (χ3v) is 7.51. The van der Waals surface area contributed by atoms with Crippen molar-refractivity contribution >= 4 is 23.2 Å². The van der Waals surface area contributed by atoms with Crippen molar-refractivity contribution in [3.8, 4) is 5.75 Å². The van der Waals surface area contributed by atoms with E-state index in [2.05, 4.69) is 0 Å². The average Bonchev–Trinajstić information content (AvgIpc) is 3.22. The molecule has 3 rings (SSSR count). The van der Waals surface area contributed by atoms with Crippen molar-refractivity contribution in [2.75, 3.05) is 13.7 Å². The lowest BCUT2D eigenvalue weighted by molar-refractivity contribution is -0.196. The van der Waals surface area contributed by atoms with Crippen molar-refractivity contribution in [2.24, 2.45) is 11.7 Å². The first-order chi connectivity index (χ1) is 15.6. The van der Waals surface area contributed by atoms with Crippen LogP contribution in [0.1, 0.15) is 47.4 Å². The van der Waals surface area contributed by atoms with Crippen molar-refractivity contribution in [1.29, 1.82) is 0 Å². The summed E-state index contributed by atoms with van der Waals surface area (Å²) in [5.41, 5.74) is 4.80. The maximum atomic E-state index is 13.8. The SMILES string of the molecule is COc1ccc(CCN(C(=O)C(F)(F)F)C(C(N)=O)(c2ccc(C)s2)C2CCCCC2)cc1. The van der Waals surface area contributed by atoms with E-state index in [1.54, 1.807) is 36.4 Å². The number of thiophene rings is 1. The fraction of sp³-hybridized carbons (Fsp3) is 0.500. The highest BCUT2D eigenvalue weighted by molar-refractivity contribution is 7.12. The van der Waals surface area contributed by atoms with Gasteiger partial charge in [-0.25, -0.2) is 0 Å². The van der Waals surface area contributed by atoms with Crippen LogP contribution >= 0.6 is 11.3 Å². The summed E-state index contributed by atoms with van der Waals surface area (Å²) in [5.74, 6) is -2.82. The molecule has 2 aromatic rings. The van der Waals surface area contributed by atoms with Gasteiger partial charge in [0.15, 0.2) is 5.54 Å². The molecule has 1 aliphatic carbocycles.